The number of ether oxygens (including phenoxy) is 1. The summed E-state index contributed by atoms with van der Waals surface area (Å²) in [5, 5.41) is 3.41. The van der Waals surface area contributed by atoms with Gasteiger partial charge in [0.2, 0.25) is 10.0 Å². The van der Waals surface area contributed by atoms with E-state index in [2.05, 4.69) is 10.0 Å². The number of aryl methyl sites for hydroxylation is 1. The predicted molar refractivity (Wildman–Crippen MR) is 103 cm³/mol. The third kappa shape index (κ3) is 7.76. The number of carbonyl (C=O) groups is 1. The molecule has 2 aromatic rings. The largest absolute Gasteiger partial charge is 0.484 e. The number of hydrogen-bond acceptors (Lipinski definition) is 4. The lowest BCUT2D eigenvalue weighted by molar-refractivity contribution is -0.123. The highest BCUT2D eigenvalue weighted by Crippen LogP contribution is 2.15. The molecule has 0 saturated carbocycles. The van der Waals surface area contributed by atoms with E-state index < -0.39 is 10.0 Å². The summed E-state index contributed by atoms with van der Waals surface area (Å²) >= 11 is 5.78. The van der Waals surface area contributed by atoms with Crippen LogP contribution in [0.3, 0.4) is 0 Å². The van der Waals surface area contributed by atoms with Crippen LogP contribution in [0.4, 0.5) is 5.69 Å². The van der Waals surface area contributed by atoms with Crippen molar-refractivity contribution in [3.8, 4) is 5.75 Å². The van der Waals surface area contributed by atoms with Gasteiger partial charge >= 0.3 is 0 Å². The highest BCUT2D eigenvalue weighted by Gasteiger charge is 2.04. The molecule has 26 heavy (non-hydrogen) atoms. The molecule has 1 amide bonds. The minimum absolute atomic E-state index is 0.0481. The average Bonchev–Trinajstić information content (AvgIpc) is 2.58. The summed E-state index contributed by atoms with van der Waals surface area (Å²) in [4.78, 5) is 11.7. The van der Waals surface area contributed by atoms with Crippen molar-refractivity contribution in [1.82, 2.24) is 5.32 Å². The molecular formula is C18H21ClN2O4S. The fraction of sp³-hybridized carbons (Fsp3) is 0.278. The molecule has 0 aromatic heterocycles. The zero-order chi connectivity index (χ0) is 19.0. The van der Waals surface area contributed by atoms with Crippen molar-refractivity contribution >= 4 is 33.2 Å². The molecule has 8 heteroatoms. The van der Waals surface area contributed by atoms with E-state index in [0.717, 1.165) is 24.7 Å². The minimum Gasteiger partial charge on any atom is -0.484 e. The van der Waals surface area contributed by atoms with E-state index in [4.69, 9.17) is 16.3 Å². The smallest absolute Gasteiger partial charge is 0.257 e. The van der Waals surface area contributed by atoms with Gasteiger partial charge in [0.15, 0.2) is 6.61 Å². The summed E-state index contributed by atoms with van der Waals surface area (Å²) in [5.74, 6) is 0.403. The second kappa shape index (κ2) is 9.45. The molecule has 0 aliphatic rings. The van der Waals surface area contributed by atoms with Crippen molar-refractivity contribution < 1.29 is 17.9 Å². The highest BCUT2D eigenvalue weighted by molar-refractivity contribution is 7.92. The number of halogens is 1. The summed E-state index contributed by atoms with van der Waals surface area (Å²) in [6, 6.07) is 14.0. The number of amides is 1. The first-order valence-electron chi connectivity index (χ1n) is 8.04. The molecule has 0 unspecified atom stereocenters. The lowest BCUT2D eigenvalue weighted by Gasteiger charge is -2.08. The van der Waals surface area contributed by atoms with Crippen molar-refractivity contribution in [1.29, 1.82) is 0 Å². The highest BCUT2D eigenvalue weighted by atomic mass is 35.5. The number of sulfonamides is 1. The quantitative estimate of drug-likeness (QED) is 0.638. The summed E-state index contributed by atoms with van der Waals surface area (Å²) in [7, 11) is -3.26. The Balaban J connectivity index is 1.65. The number of rotatable bonds is 9. The van der Waals surface area contributed by atoms with E-state index in [1.165, 1.54) is 0 Å². The maximum absolute atomic E-state index is 11.7. The van der Waals surface area contributed by atoms with Gasteiger partial charge in [0.05, 0.1) is 6.26 Å². The molecule has 0 heterocycles. The van der Waals surface area contributed by atoms with Gasteiger partial charge in [-0.2, -0.15) is 0 Å². The monoisotopic (exact) mass is 396 g/mol. The third-order valence-electron chi connectivity index (χ3n) is 3.41. The van der Waals surface area contributed by atoms with Crippen LogP contribution in [0.5, 0.6) is 5.75 Å². The van der Waals surface area contributed by atoms with Crippen LogP contribution < -0.4 is 14.8 Å². The Morgan fingerprint density at radius 3 is 2.35 bits per heavy atom. The molecule has 0 saturated heterocycles. The first-order valence-corrected chi connectivity index (χ1v) is 10.3. The van der Waals surface area contributed by atoms with Crippen LogP contribution in [-0.4, -0.2) is 33.7 Å². The zero-order valence-corrected chi connectivity index (χ0v) is 15.9. The Morgan fingerprint density at radius 1 is 1.08 bits per heavy atom. The molecule has 0 fully saturated rings. The SMILES string of the molecule is CS(=O)(=O)Nc1ccc(CCCNC(=O)COc2ccc(Cl)cc2)cc1. The van der Waals surface area contributed by atoms with Crippen LogP contribution in [0, 0.1) is 0 Å². The summed E-state index contributed by atoms with van der Waals surface area (Å²) in [6.07, 6.45) is 2.66. The van der Waals surface area contributed by atoms with E-state index in [-0.39, 0.29) is 12.5 Å². The maximum Gasteiger partial charge on any atom is 0.257 e. The lowest BCUT2D eigenvalue weighted by atomic mass is 10.1. The minimum atomic E-state index is -3.26. The van der Waals surface area contributed by atoms with E-state index in [0.29, 0.717) is 23.0 Å². The van der Waals surface area contributed by atoms with Crippen LogP contribution in [0.1, 0.15) is 12.0 Å². The van der Waals surface area contributed by atoms with E-state index in [1.54, 1.807) is 36.4 Å². The van der Waals surface area contributed by atoms with E-state index in [9.17, 15) is 13.2 Å². The Kier molecular flexibility index (Phi) is 7.29. The average molecular weight is 397 g/mol. The first-order chi connectivity index (χ1) is 12.3. The van der Waals surface area contributed by atoms with Crippen molar-refractivity contribution in [2.45, 2.75) is 12.8 Å². The molecule has 140 valence electrons. The van der Waals surface area contributed by atoms with Crippen LogP contribution in [0.2, 0.25) is 5.02 Å². The van der Waals surface area contributed by atoms with Gasteiger partial charge in [-0.1, -0.05) is 23.7 Å². The van der Waals surface area contributed by atoms with E-state index in [1.807, 2.05) is 12.1 Å². The Labute approximate surface area is 158 Å². The summed E-state index contributed by atoms with van der Waals surface area (Å²) < 4.78 is 30.1. The number of benzene rings is 2. The molecule has 0 spiro atoms. The second-order valence-corrected chi connectivity index (χ2v) is 7.95. The number of hydrogen-bond donors (Lipinski definition) is 2. The topological polar surface area (TPSA) is 84.5 Å². The van der Waals surface area contributed by atoms with Crippen LogP contribution in [-0.2, 0) is 21.2 Å². The number of carbonyl (C=O) groups excluding carboxylic acids is 1. The van der Waals surface area contributed by atoms with E-state index >= 15 is 0 Å². The van der Waals surface area contributed by atoms with Gasteiger partial charge in [0.25, 0.3) is 5.91 Å². The van der Waals surface area contributed by atoms with Crippen LogP contribution >= 0.6 is 11.6 Å². The standard InChI is InChI=1S/C18H21ClN2O4S/c1-26(23,24)21-16-8-4-14(5-9-16)3-2-12-20-18(22)13-25-17-10-6-15(19)7-11-17/h4-11,21H,2-3,12-13H2,1H3,(H,20,22). The summed E-state index contributed by atoms with van der Waals surface area (Å²) in [5.41, 5.74) is 1.60. The zero-order valence-electron chi connectivity index (χ0n) is 14.4. The Morgan fingerprint density at radius 2 is 1.73 bits per heavy atom. The number of nitrogens with one attached hydrogen (secondary N) is 2. The van der Waals surface area contributed by atoms with Gasteiger partial charge in [-0.25, -0.2) is 8.42 Å². The number of anilines is 1. The Bertz CT molecular complexity index is 821. The van der Waals surface area contributed by atoms with Gasteiger partial charge in [-0.15, -0.1) is 0 Å². The molecule has 0 atom stereocenters. The molecular weight excluding hydrogens is 376 g/mol. The molecule has 0 bridgehead atoms. The van der Waals surface area contributed by atoms with Gasteiger partial charge in [-0.3, -0.25) is 9.52 Å². The maximum atomic E-state index is 11.7. The fourth-order valence-corrected chi connectivity index (χ4v) is 2.89. The van der Waals surface area contributed by atoms with Crippen molar-refractivity contribution in [2.24, 2.45) is 0 Å². The molecule has 6 nitrogen and oxygen atoms in total. The van der Waals surface area contributed by atoms with Crippen LogP contribution in [0.25, 0.3) is 0 Å². The second-order valence-electron chi connectivity index (χ2n) is 5.77. The molecule has 2 aromatic carbocycles. The van der Waals surface area contributed by atoms with Crippen molar-refractivity contribution in [3.05, 3.63) is 59.1 Å². The third-order valence-corrected chi connectivity index (χ3v) is 4.26. The lowest BCUT2D eigenvalue weighted by Crippen LogP contribution is -2.29. The first kappa shape index (κ1) is 20.1. The Hall–Kier alpha value is -2.25. The normalized spacial score (nSPS) is 11.0. The molecule has 0 radical (unpaired) electrons. The van der Waals surface area contributed by atoms with Crippen LogP contribution in [0.15, 0.2) is 48.5 Å². The van der Waals surface area contributed by atoms with Gasteiger partial charge in [0, 0.05) is 17.3 Å². The van der Waals surface area contributed by atoms with Gasteiger partial charge in [-0.05, 0) is 54.8 Å². The molecule has 0 aliphatic heterocycles. The summed E-state index contributed by atoms with van der Waals surface area (Å²) in [6.45, 7) is 0.486. The van der Waals surface area contributed by atoms with Gasteiger partial charge < -0.3 is 10.1 Å². The molecule has 2 rings (SSSR count). The fourth-order valence-electron chi connectivity index (χ4n) is 2.20. The predicted octanol–water partition coefficient (Wildman–Crippen LogP) is 2.84. The molecule has 0 aliphatic carbocycles. The van der Waals surface area contributed by atoms with Gasteiger partial charge in [0.1, 0.15) is 5.75 Å². The van der Waals surface area contributed by atoms with Crippen molar-refractivity contribution in [2.75, 3.05) is 24.1 Å². The molecule has 2 N–H and O–H groups in total. The van der Waals surface area contributed by atoms with Crippen molar-refractivity contribution in [3.63, 3.8) is 0 Å².